The summed E-state index contributed by atoms with van der Waals surface area (Å²) in [6.07, 6.45) is 1.86. The number of halogens is 4. The topological polar surface area (TPSA) is 27.7 Å². The first-order chi connectivity index (χ1) is 26.5. The number of hydrogen-bond donors (Lipinski definition) is 0. The van der Waals surface area contributed by atoms with E-state index >= 15 is 8.78 Å². The monoisotopic (exact) mass is 962 g/mol. The number of hydrogen-bond acceptors (Lipinski definition) is 3. The molecule has 3 nitrogen and oxygen atoms in total. The lowest BCUT2D eigenvalue weighted by Crippen LogP contribution is -2.48. The summed E-state index contributed by atoms with van der Waals surface area (Å²) in [6, 6.07) is 46.0. The maximum Gasteiger partial charge on any atom is 0.165 e. The fourth-order valence-electron chi connectivity index (χ4n) is 7.11. The first-order valence-electron chi connectivity index (χ1n) is 18.7. The van der Waals surface area contributed by atoms with Crippen LogP contribution in [0.25, 0.3) is 0 Å². The Hall–Kier alpha value is -3.80. The van der Waals surface area contributed by atoms with Crippen LogP contribution < -0.4 is 9.47 Å². The highest BCUT2D eigenvalue weighted by atomic mass is 127. The molecule has 0 heterocycles. The van der Waals surface area contributed by atoms with E-state index < -0.39 is 22.5 Å². The van der Waals surface area contributed by atoms with Crippen LogP contribution in [0, 0.1) is 18.8 Å². The van der Waals surface area contributed by atoms with Crippen molar-refractivity contribution >= 4 is 45.2 Å². The Kier molecular flexibility index (Phi) is 13.7. The van der Waals surface area contributed by atoms with Gasteiger partial charge in [0.05, 0.1) is 12.2 Å². The van der Waals surface area contributed by atoms with Crippen molar-refractivity contribution in [2.45, 2.75) is 76.4 Å². The number of benzene rings is 6. The molecule has 6 aromatic carbocycles. The SMILES string of the molecule is CCC(C)(c1ccc(I)cc1)C(Cc1ccc(F)c(Oc2ccccc2)c1)OC(Cc1ccc(F)c(Oc2ccccc2)c1)C(C)(CC)c1ccc(I)cc1. The minimum atomic E-state index is -0.442. The number of rotatable bonds is 16. The molecule has 55 heavy (non-hydrogen) atoms. The van der Waals surface area contributed by atoms with Crippen molar-refractivity contribution in [3.8, 4) is 23.0 Å². The Balaban J connectivity index is 1.44. The molecule has 0 spiro atoms. The van der Waals surface area contributed by atoms with Crippen LogP contribution in [0.2, 0.25) is 0 Å². The number of ether oxygens (including phenoxy) is 3. The molecule has 0 saturated heterocycles. The molecule has 0 N–H and O–H groups in total. The third-order valence-corrected chi connectivity index (χ3v) is 12.4. The van der Waals surface area contributed by atoms with Crippen LogP contribution in [0.1, 0.15) is 62.8 Å². The Bertz CT molecular complexity index is 1990. The molecule has 0 fully saturated rings. The quantitative estimate of drug-likeness (QED) is 0.0905. The van der Waals surface area contributed by atoms with Crippen LogP contribution in [-0.4, -0.2) is 12.2 Å². The van der Waals surface area contributed by atoms with E-state index in [1.54, 1.807) is 12.1 Å². The summed E-state index contributed by atoms with van der Waals surface area (Å²) in [6.45, 7) is 8.92. The second-order valence-electron chi connectivity index (χ2n) is 14.4. The maximum absolute atomic E-state index is 15.3. The van der Waals surface area contributed by atoms with E-state index in [0.29, 0.717) is 24.3 Å². The van der Waals surface area contributed by atoms with Crippen molar-refractivity contribution in [3.05, 3.63) is 187 Å². The normalized spacial score (nSPS) is 14.7. The molecule has 6 aromatic rings. The van der Waals surface area contributed by atoms with E-state index in [0.717, 1.165) is 42.2 Å². The molecule has 0 saturated carbocycles. The van der Waals surface area contributed by atoms with Crippen molar-refractivity contribution in [3.63, 3.8) is 0 Å². The van der Waals surface area contributed by atoms with Crippen molar-refractivity contribution in [2.24, 2.45) is 0 Å². The third kappa shape index (κ3) is 9.96. The Morgan fingerprint density at radius 1 is 0.509 bits per heavy atom. The molecular formula is C48H46F2I2O3. The zero-order valence-corrected chi connectivity index (χ0v) is 35.9. The molecule has 0 aliphatic rings. The van der Waals surface area contributed by atoms with Gasteiger partial charge in [-0.25, -0.2) is 8.78 Å². The summed E-state index contributed by atoms with van der Waals surface area (Å²) in [7, 11) is 0. The van der Waals surface area contributed by atoms with E-state index in [4.69, 9.17) is 14.2 Å². The van der Waals surface area contributed by atoms with Gasteiger partial charge in [0.2, 0.25) is 0 Å². The lowest BCUT2D eigenvalue weighted by atomic mass is 9.71. The van der Waals surface area contributed by atoms with E-state index in [1.165, 1.54) is 12.1 Å². The third-order valence-electron chi connectivity index (χ3n) is 11.0. The summed E-state index contributed by atoms with van der Waals surface area (Å²) in [5.74, 6) is 0.605. The lowest BCUT2D eigenvalue weighted by Gasteiger charge is -2.45. The zero-order chi connectivity index (χ0) is 39.0. The number of para-hydroxylation sites is 2. The van der Waals surface area contributed by atoms with Gasteiger partial charge in [0.25, 0.3) is 0 Å². The smallest absolute Gasteiger partial charge is 0.165 e. The fraction of sp³-hybridized carbons (Fsp3) is 0.250. The minimum absolute atomic E-state index is 0.168. The van der Waals surface area contributed by atoms with Crippen LogP contribution in [0.5, 0.6) is 23.0 Å². The van der Waals surface area contributed by atoms with Gasteiger partial charge in [-0.3, -0.25) is 0 Å². The first kappa shape index (κ1) is 40.9. The standard InChI is InChI=1S/C48H46F2I2O3/c1-5-47(3,35-19-23-37(51)24-20-35)45(31-33-17-27-41(49)43(29-33)53-39-13-9-7-10-14-39)55-46(48(4,6-2)36-21-25-38(52)26-22-36)32-34-18-28-42(50)44(30-34)54-40-15-11-8-12-16-40/h7-30,45-46H,5-6,31-32H2,1-4H3. The lowest BCUT2D eigenvalue weighted by molar-refractivity contribution is -0.0840. The molecular weight excluding hydrogens is 916 g/mol. The molecule has 4 atom stereocenters. The highest BCUT2D eigenvalue weighted by Crippen LogP contribution is 2.42. The van der Waals surface area contributed by atoms with Gasteiger partial charge in [-0.05, 0) is 166 Å². The Labute approximate surface area is 351 Å². The molecule has 0 bridgehead atoms. The molecule has 0 aliphatic heterocycles. The molecule has 0 radical (unpaired) electrons. The van der Waals surface area contributed by atoms with Gasteiger partial charge in [0.15, 0.2) is 23.1 Å². The van der Waals surface area contributed by atoms with Gasteiger partial charge >= 0.3 is 0 Å². The highest BCUT2D eigenvalue weighted by molar-refractivity contribution is 14.1. The summed E-state index contributed by atoms with van der Waals surface area (Å²) >= 11 is 4.68. The summed E-state index contributed by atoms with van der Waals surface area (Å²) in [5.41, 5.74) is 3.23. The van der Waals surface area contributed by atoms with Gasteiger partial charge in [-0.1, -0.05) is 100 Å². The van der Waals surface area contributed by atoms with Crippen molar-refractivity contribution in [1.82, 2.24) is 0 Å². The van der Waals surface area contributed by atoms with Gasteiger partial charge in [-0.2, -0.15) is 0 Å². The van der Waals surface area contributed by atoms with E-state index in [-0.39, 0.29) is 23.7 Å². The molecule has 6 rings (SSSR count). The van der Waals surface area contributed by atoms with Crippen LogP contribution >= 0.6 is 45.2 Å². The summed E-state index contributed by atoms with van der Waals surface area (Å²) in [5, 5.41) is 0. The van der Waals surface area contributed by atoms with Crippen LogP contribution in [0.4, 0.5) is 8.78 Å². The second kappa shape index (κ2) is 18.4. The molecule has 4 unspecified atom stereocenters. The van der Waals surface area contributed by atoms with E-state index in [9.17, 15) is 0 Å². The van der Waals surface area contributed by atoms with Crippen LogP contribution in [-0.2, 0) is 28.4 Å². The first-order valence-corrected chi connectivity index (χ1v) is 20.9. The fourth-order valence-corrected chi connectivity index (χ4v) is 7.83. The molecule has 0 aromatic heterocycles. The summed E-state index contributed by atoms with van der Waals surface area (Å²) in [4.78, 5) is 0. The van der Waals surface area contributed by atoms with Gasteiger partial charge in [0.1, 0.15) is 11.5 Å². The maximum atomic E-state index is 15.3. The van der Waals surface area contributed by atoms with Gasteiger partial charge < -0.3 is 14.2 Å². The van der Waals surface area contributed by atoms with E-state index in [1.807, 2.05) is 72.8 Å². The second-order valence-corrected chi connectivity index (χ2v) is 16.9. The Morgan fingerprint density at radius 3 is 1.22 bits per heavy atom. The van der Waals surface area contributed by atoms with Gasteiger partial charge in [-0.15, -0.1) is 0 Å². The minimum Gasteiger partial charge on any atom is -0.454 e. The van der Waals surface area contributed by atoms with E-state index in [2.05, 4.69) is 121 Å². The van der Waals surface area contributed by atoms with Crippen LogP contribution in [0.3, 0.4) is 0 Å². The van der Waals surface area contributed by atoms with Crippen molar-refractivity contribution < 1.29 is 23.0 Å². The molecule has 0 aliphatic carbocycles. The molecule has 0 amide bonds. The molecule has 284 valence electrons. The van der Waals surface area contributed by atoms with Crippen molar-refractivity contribution in [1.29, 1.82) is 0 Å². The average molecular weight is 963 g/mol. The highest BCUT2D eigenvalue weighted by Gasteiger charge is 2.42. The molecule has 7 heteroatoms. The van der Waals surface area contributed by atoms with Crippen LogP contribution in [0.15, 0.2) is 146 Å². The predicted molar refractivity (Wildman–Crippen MR) is 236 cm³/mol. The predicted octanol–water partition coefficient (Wildman–Crippen LogP) is 14.0. The van der Waals surface area contributed by atoms with Crippen molar-refractivity contribution in [2.75, 3.05) is 0 Å². The average Bonchev–Trinajstić information content (AvgIpc) is 3.20. The summed E-state index contributed by atoms with van der Waals surface area (Å²) < 4.78 is 52.6. The van der Waals surface area contributed by atoms with Gasteiger partial charge in [0, 0.05) is 18.0 Å². The largest absolute Gasteiger partial charge is 0.454 e. The zero-order valence-electron chi connectivity index (χ0n) is 31.6. The Morgan fingerprint density at radius 2 is 0.873 bits per heavy atom.